The van der Waals surface area contributed by atoms with E-state index in [1.807, 2.05) is 26.8 Å². The van der Waals surface area contributed by atoms with Gasteiger partial charge in [0.2, 0.25) is 0 Å². The Morgan fingerprint density at radius 1 is 1.46 bits per heavy atom. The molecule has 2 aromatic heterocycles. The minimum Gasteiger partial charge on any atom is -0.443 e. The first-order valence-corrected chi connectivity index (χ1v) is 9.66. The molecule has 28 heavy (non-hydrogen) atoms. The van der Waals surface area contributed by atoms with Crippen molar-refractivity contribution in [1.82, 2.24) is 25.3 Å². The molecule has 3 rings (SSSR count). The fourth-order valence-electron chi connectivity index (χ4n) is 3.69. The van der Waals surface area contributed by atoms with Crippen molar-refractivity contribution in [2.75, 3.05) is 5.32 Å². The molecule has 2 amide bonds. The van der Waals surface area contributed by atoms with Crippen LogP contribution in [-0.4, -0.2) is 43.6 Å². The normalized spacial score (nSPS) is 21.7. The van der Waals surface area contributed by atoms with Crippen molar-refractivity contribution in [1.29, 1.82) is 0 Å². The van der Waals surface area contributed by atoms with Crippen molar-refractivity contribution in [3.8, 4) is 0 Å². The van der Waals surface area contributed by atoms with Gasteiger partial charge in [0.05, 0.1) is 0 Å². The molecule has 2 heterocycles. The molecule has 1 aliphatic rings. The minimum absolute atomic E-state index is 0.0387. The zero-order valence-corrected chi connectivity index (χ0v) is 16.8. The maximum atomic E-state index is 12.3. The molecule has 2 atom stereocenters. The number of rotatable bonds is 6. The van der Waals surface area contributed by atoms with E-state index in [0.29, 0.717) is 11.5 Å². The highest BCUT2D eigenvalue weighted by atomic mass is 16.6. The highest BCUT2D eigenvalue weighted by Crippen LogP contribution is 2.44. The number of nitrogens with zero attached hydrogens (tertiary/aromatic N) is 3. The van der Waals surface area contributed by atoms with Gasteiger partial charge in [-0.05, 0) is 45.6 Å². The van der Waals surface area contributed by atoms with E-state index in [1.54, 1.807) is 19.3 Å². The number of alkyl carbamates (subject to hydrolysis) is 1. The van der Waals surface area contributed by atoms with Crippen LogP contribution in [0.4, 0.5) is 10.6 Å². The molecule has 152 valence electrons. The largest absolute Gasteiger partial charge is 0.443 e. The molecule has 9 heteroatoms. The molecular weight excluding hydrogens is 360 g/mol. The highest BCUT2D eigenvalue weighted by molar-refractivity contribution is 6.02. The van der Waals surface area contributed by atoms with Crippen LogP contribution in [0.1, 0.15) is 68.6 Å². The Hall–Kier alpha value is -2.84. The van der Waals surface area contributed by atoms with Gasteiger partial charge in [0.1, 0.15) is 11.3 Å². The van der Waals surface area contributed by atoms with Gasteiger partial charge in [0.15, 0.2) is 5.82 Å². The SMILES string of the molecule is CCC1(OC(=O)NC(C)C)CC[C@@H](c2cc(NC(=O)c3ccnn3C)n[nH]2)C1. The molecule has 0 bridgehead atoms. The molecule has 0 aliphatic heterocycles. The topological polar surface area (TPSA) is 114 Å². The van der Waals surface area contributed by atoms with Crippen molar-refractivity contribution >= 4 is 17.8 Å². The molecule has 0 spiro atoms. The number of hydrogen-bond donors (Lipinski definition) is 3. The molecule has 1 saturated carbocycles. The van der Waals surface area contributed by atoms with Crippen LogP contribution in [0.5, 0.6) is 0 Å². The van der Waals surface area contributed by atoms with E-state index >= 15 is 0 Å². The molecule has 2 aromatic rings. The van der Waals surface area contributed by atoms with Crippen LogP contribution in [0.25, 0.3) is 0 Å². The predicted molar refractivity (Wildman–Crippen MR) is 104 cm³/mol. The van der Waals surface area contributed by atoms with Crippen molar-refractivity contribution in [3.05, 3.63) is 29.7 Å². The second-order valence-electron chi connectivity index (χ2n) is 7.67. The zero-order valence-electron chi connectivity index (χ0n) is 16.8. The molecular formula is C19H28N6O3. The summed E-state index contributed by atoms with van der Waals surface area (Å²) >= 11 is 0. The summed E-state index contributed by atoms with van der Waals surface area (Å²) in [5, 5.41) is 16.8. The fourth-order valence-corrected chi connectivity index (χ4v) is 3.69. The summed E-state index contributed by atoms with van der Waals surface area (Å²) in [5.74, 6) is 0.399. The summed E-state index contributed by atoms with van der Waals surface area (Å²) in [5.41, 5.74) is 0.927. The van der Waals surface area contributed by atoms with E-state index in [-0.39, 0.29) is 24.0 Å². The molecule has 0 saturated heterocycles. The second-order valence-corrected chi connectivity index (χ2v) is 7.67. The molecule has 1 aliphatic carbocycles. The zero-order chi connectivity index (χ0) is 20.3. The van der Waals surface area contributed by atoms with Crippen LogP contribution >= 0.6 is 0 Å². The minimum atomic E-state index is -0.465. The Labute approximate surface area is 164 Å². The smallest absolute Gasteiger partial charge is 0.407 e. The molecule has 3 N–H and O–H groups in total. The first-order chi connectivity index (χ1) is 13.3. The number of carbonyl (C=O) groups excluding carboxylic acids is 2. The highest BCUT2D eigenvalue weighted by Gasteiger charge is 2.42. The number of hydrogen-bond acceptors (Lipinski definition) is 5. The third-order valence-corrected chi connectivity index (χ3v) is 5.26. The van der Waals surface area contributed by atoms with Crippen molar-refractivity contribution in [2.24, 2.45) is 7.05 Å². The van der Waals surface area contributed by atoms with E-state index in [0.717, 1.165) is 31.4 Å². The van der Waals surface area contributed by atoms with Crippen LogP contribution in [0, 0.1) is 0 Å². The summed E-state index contributed by atoms with van der Waals surface area (Å²) in [7, 11) is 1.71. The van der Waals surface area contributed by atoms with Gasteiger partial charge in [-0.2, -0.15) is 10.2 Å². The van der Waals surface area contributed by atoms with E-state index in [2.05, 4.69) is 25.9 Å². The maximum Gasteiger partial charge on any atom is 0.407 e. The van der Waals surface area contributed by atoms with E-state index < -0.39 is 5.60 Å². The van der Waals surface area contributed by atoms with Gasteiger partial charge in [0.25, 0.3) is 5.91 Å². The first-order valence-electron chi connectivity index (χ1n) is 9.66. The lowest BCUT2D eigenvalue weighted by Crippen LogP contribution is -2.39. The van der Waals surface area contributed by atoms with Crippen molar-refractivity contribution in [3.63, 3.8) is 0 Å². The van der Waals surface area contributed by atoms with Crippen LogP contribution in [0.15, 0.2) is 18.3 Å². The lowest BCUT2D eigenvalue weighted by molar-refractivity contribution is 0.0108. The van der Waals surface area contributed by atoms with Crippen molar-refractivity contribution in [2.45, 2.75) is 64.0 Å². The molecule has 1 unspecified atom stereocenters. The third-order valence-electron chi connectivity index (χ3n) is 5.26. The van der Waals surface area contributed by atoms with Gasteiger partial charge in [-0.25, -0.2) is 4.79 Å². The average molecular weight is 388 g/mol. The van der Waals surface area contributed by atoms with E-state index in [9.17, 15) is 9.59 Å². The number of amides is 2. The summed E-state index contributed by atoms with van der Waals surface area (Å²) in [6, 6.07) is 3.53. The number of H-pyrrole nitrogens is 1. The molecule has 1 fully saturated rings. The molecule has 0 radical (unpaired) electrons. The number of anilines is 1. The average Bonchev–Trinajstić information content (AvgIpc) is 3.34. The van der Waals surface area contributed by atoms with Gasteiger partial charge in [-0.3, -0.25) is 14.6 Å². The van der Waals surface area contributed by atoms with Gasteiger partial charge >= 0.3 is 6.09 Å². The number of aromatic amines is 1. The van der Waals surface area contributed by atoms with Crippen LogP contribution in [0.2, 0.25) is 0 Å². The Balaban J connectivity index is 1.63. The van der Waals surface area contributed by atoms with Gasteiger partial charge in [-0.15, -0.1) is 0 Å². The van der Waals surface area contributed by atoms with Gasteiger partial charge in [-0.1, -0.05) is 6.92 Å². The first kappa shape index (κ1) is 19.9. The van der Waals surface area contributed by atoms with Crippen molar-refractivity contribution < 1.29 is 14.3 Å². The lowest BCUT2D eigenvalue weighted by atomic mass is 9.95. The lowest BCUT2D eigenvalue weighted by Gasteiger charge is -2.28. The van der Waals surface area contributed by atoms with E-state index in [4.69, 9.17) is 4.74 Å². The Bertz CT molecular complexity index is 842. The summed E-state index contributed by atoms with van der Waals surface area (Å²) in [6.07, 6.45) is 4.38. The Kier molecular flexibility index (Phi) is 5.71. The fraction of sp³-hybridized carbons (Fsp3) is 0.579. The van der Waals surface area contributed by atoms with Crippen LogP contribution in [0.3, 0.4) is 0 Å². The predicted octanol–water partition coefficient (Wildman–Crippen LogP) is 2.95. The monoisotopic (exact) mass is 388 g/mol. The standard InChI is InChI=1S/C19H28N6O3/c1-5-19(28-18(27)21-12(2)3)8-6-13(11-19)14-10-16(24-23-14)22-17(26)15-7-9-20-25(15)4/h7,9-10,12-13H,5-6,8,11H2,1-4H3,(H,21,27)(H2,22,23,24,26)/t13-,19?/m1/s1. The maximum absolute atomic E-state index is 12.3. The van der Waals surface area contributed by atoms with Crippen LogP contribution < -0.4 is 10.6 Å². The Morgan fingerprint density at radius 2 is 2.25 bits per heavy atom. The number of aryl methyl sites for hydroxylation is 1. The summed E-state index contributed by atoms with van der Waals surface area (Å²) in [6.45, 7) is 5.85. The Morgan fingerprint density at radius 3 is 2.89 bits per heavy atom. The summed E-state index contributed by atoms with van der Waals surface area (Å²) in [4.78, 5) is 24.4. The number of ether oxygens (including phenoxy) is 1. The molecule has 0 aromatic carbocycles. The second kappa shape index (κ2) is 8.04. The third kappa shape index (κ3) is 4.35. The summed E-state index contributed by atoms with van der Waals surface area (Å²) < 4.78 is 7.29. The number of nitrogens with one attached hydrogen (secondary N) is 3. The van der Waals surface area contributed by atoms with Crippen LogP contribution in [-0.2, 0) is 11.8 Å². The van der Waals surface area contributed by atoms with Gasteiger partial charge < -0.3 is 15.4 Å². The molecule has 9 nitrogen and oxygen atoms in total. The van der Waals surface area contributed by atoms with E-state index in [1.165, 1.54) is 4.68 Å². The number of aromatic nitrogens is 4. The number of carbonyl (C=O) groups is 2. The quantitative estimate of drug-likeness (QED) is 0.704. The van der Waals surface area contributed by atoms with Gasteiger partial charge in [0, 0.05) is 37.0 Å².